The Hall–Kier alpha value is -3.28. The van der Waals surface area contributed by atoms with Crippen LogP contribution in [0.3, 0.4) is 0 Å². The molecule has 0 radical (unpaired) electrons. The molecule has 0 aliphatic heterocycles. The summed E-state index contributed by atoms with van der Waals surface area (Å²) in [5.41, 5.74) is 0.834. The molecular formula is C17H13BrF2N8O. The molecule has 29 heavy (non-hydrogen) atoms. The Morgan fingerprint density at radius 1 is 1.03 bits per heavy atom. The second-order valence-corrected chi connectivity index (χ2v) is 6.77. The SMILES string of the molecule is CC(Nc1ncnc2c(OC(F)F)cc(Br)cc12)c1nccnc1-n1nccn1. The number of nitrogens with zero attached hydrogens (tertiary/aromatic N) is 7. The van der Waals surface area contributed by atoms with Crippen molar-refractivity contribution >= 4 is 32.7 Å². The van der Waals surface area contributed by atoms with Crippen LogP contribution in [0.15, 0.2) is 47.7 Å². The Kier molecular flexibility index (Phi) is 5.25. The summed E-state index contributed by atoms with van der Waals surface area (Å²) in [6.07, 6.45) is 7.45. The normalized spacial score (nSPS) is 12.3. The smallest absolute Gasteiger partial charge is 0.387 e. The fraction of sp³-hybridized carbons (Fsp3) is 0.176. The molecule has 1 atom stereocenters. The van der Waals surface area contributed by atoms with Crippen molar-refractivity contribution < 1.29 is 13.5 Å². The lowest BCUT2D eigenvalue weighted by molar-refractivity contribution is -0.0489. The van der Waals surface area contributed by atoms with Gasteiger partial charge in [-0.3, -0.25) is 4.98 Å². The van der Waals surface area contributed by atoms with Gasteiger partial charge in [0.25, 0.3) is 0 Å². The van der Waals surface area contributed by atoms with Crippen LogP contribution in [0.2, 0.25) is 0 Å². The van der Waals surface area contributed by atoms with Crippen LogP contribution in [0.5, 0.6) is 5.75 Å². The lowest BCUT2D eigenvalue weighted by atomic mass is 10.2. The third-order valence-electron chi connectivity index (χ3n) is 3.96. The third kappa shape index (κ3) is 3.97. The van der Waals surface area contributed by atoms with E-state index in [4.69, 9.17) is 0 Å². The van der Waals surface area contributed by atoms with Gasteiger partial charge in [0.05, 0.1) is 18.4 Å². The molecule has 0 aliphatic carbocycles. The summed E-state index contributed by atoms with van der Waals surface area (Å²) in [6, 6.07) is 2.79. The van der Waals surface area contributed by atoms with Gasteiger partial charge >= 0.3 is 6.61 Å². The summed E-state index contributed by atoms with van der Waals surface area (Å²) in [5.74, 6) is 0.829. The highest BCUT2D eigenvalue weighted by molar-refractivity contribution is 9.10. The lowest BCUT2D eigenvalue weighted by Gasteiger charge is -2.17. The molecule has 0 amide bonds. The first-order valence-electron chi connectivity index (χ1n) is 8.36. The molecule has 148 valence electrons. The van der Waals surface area contributed by atoms with Crippen LogP contribution in [0.25, 0.3) is 16.7 Å². The maximum atomic E-state index is 12.8. The summed E-state index contributed by atoms with van der Waals surface area (Å²) in [4.78, 5) is 18.4. The molecule has 0 saturated heterocycles. The van der Waals surface area contributed by atoms with Gasteiger partial charge in [-0.05, 0) is 19.1 Å². The van der Waals surface area contributed by atoms with E-state index in [1.165, 1.54) is 29.6 Å². The molecule has 1 N–H and O–H groups in total. The van der Waals surface area contributed by atoms with Crippen molar-refractivity contribution in [1.82, 2.24) is 34.9 Å². The third-order valence-corrected chi connectivity index (χ3v) is 4.42. The van der Waals surface area contributed by atoms with Crippen LogP contribution in [0.1, 0.15) is 18.7 Å². The largest absolute Gasteiger partial charge is 0.432 e. The van der Waals surface area contributed by atoms with E-state index in [1.54, 1.807) is 18.5 Å². The van der Waals surface area contributed by atoms with E-state index in [2.05, 4.69) is 56.1 Å². The molecule has 0 saturated carbocycles. The molecule has 3 aromatic heterocycles. The van der Waals surface area contributed by atoms with Crippen molar-refractivity contribution in [3.05, 3.63) is 53.4 Å². The summed E-state index contributed by atoms with van der Waals surface area (Å²) >= 11 is 3.31. The minimum atomic E-state index is -2.97. The number of alkyl halides is 2. The number of anilines is 1. The van der Waals surface area contributed by atoms with Crippen LogP contribution in [0, 0.1) is 0 Å². The van der Waals surface area contributed by atoms with Gasteiger partial charge < -0.3 is 10.1 Å². The molecule has 3 heterocycles. The molecule has 0 aliphatic rings. The summed E-state index contributed by atoms with van der Waals surface area (Å²) in [5, 5.41) is 11.9. The first kappa shape index (κ1) is 19.1. The van der Waals surface area contributed by atoms with E-state index < -0.39 is 6.61 Å². The summed E-state index contributed by atoms with van der Waals surface area (Å²) in [6.45, 7) is -1.11. The van der Waals surface area contributed by atoms with Crippen molar-refractivity contribution in [2.45, 2.75) is 19.6 Å². The average Bonchev–Trinajstić information content (AvgIpc) is 3.23. The van der Waals surface area contributed by atoms with Crippen molar-refractivity contribution in [2.75, 3.05) is 5.32 Å². The number of benzene rings is 1. The van der Waals surface area contributed by atoms with Crippen LogP contribution < -0.4 is 10.1 Å². The van der Waals surface area contributed by atoms with E-state index in [1.807, 2.05) is 6.92 Å². The number of halogens is 3. The van der Waals surface area contributed by atoms with Crippen LogP contribution in [-0.2, 0) is 0 Å². The molecule has 4 rings (SSSR count). The van der Waals surface area contributed by atoms with Crippen LogP contribution >= 0.6 is 15.9 Å². The topological polar surface area (TPSA) is 104 Å². The zero-order valence-corrected chi connectivity index (χ0v) is 16.5. The van der Waals surface area contributed by atoms with Gasteiger partial charge in [-0.15, -0.1) is 4.80 Å². The Morgan fingerprint density at radius 2 is 1.79 bits per heavy atom. The molecule has 0 spiro atoms. The maximum absolute atomic E-state index is 12.8. The minimum Gasteiger partial charge on any atom is -0.432 e. The van der Waals surface area contributed by atoms with Crippen LogP contribution in [-0.4, -0.2) is 41.5 Å². The molecule has 0 fully saturated rings. The lowest BCUT2D eigenvalue weighted by Crippen LogP contribution is -2.16. The molecule has 4 aromatic rings. The molecule has 1 unspecified atom stereocenters. The quantitative estimate of drug-likeness (QED) is 0.463. The summed E-state index contributed by atoms with van der Waals surface area (Å²) in [7, 11) is 0. The van der Waals surface area contributed by atoms with Gasteiger partial charge in [-0.2, -0.15) is 19.0 Å². The van der Waals surface area contributed by atoms with E-state index in [0.717, 1.165) is 0 Å². The summed E-state index contributed by atoms with van der Waals surface area (Å²) < 4.78 is 30.7. The highest BCUT2D eigenvalue weighted by atomic mass is 79.9. The molecule has 12 heteroatoms. The molecule has 1 aromatic carbocycles. The van der Waals surface area contributed by atoms with Gasteiger partial charge in [0.15, 0.2) is 11.6 Å². The number of ether oxygens (including phenoxy) is 1. The first-order chi connectivity index (χ1) is 14.0. The molecular weight excluding hydrogens is 450 g/mol. The standard InChI is InChI=1S/C17H13BrF2N8O/c1-9(13-16(22-3-2-21-13)28-25-4-5-26-28)27-15-11-6-10(18)7-12(29-17(19)20)14(11)23-8-24-15/h2-9,17H,1H3,(H,23,24,27). The fourth-order valence-electron chi connectivity index (χ4n) is 2.80. The first-order valence-corrected chi connectivity index (χ1v) is 9.15. The highest BCUT2D eigenvalue weighted by Gasteiger charge is 2.19. The van der Waals surface area contributed by atoms with Gasteiger partial charge in [0.2, 0.25) is 0 Å². The number of nitrogens with one attached hydrogen (secondary N) is 1. The Bertz CT molecular complexity index is 1140. The van der Waals surface area contributed by atoms with Crippen molar-refractivity contribution in [3.8, 4) is 11.6 Å². The van der Waals surface area contributed by atoms with Crippen molar-refractivity contribution in [1.29, 1.82) is 0 Å². The monoisotopic (exact) mass is 462 g/mol. The van der Waals surface area contributed by atoms with E-state index >= 15 is 0 Å². The number of hydrogen-bond acceptors (Lipinski definition) is 8. The van der Waals surface area contributed by atoms with E-state index in [-0.39, 0.29) is 17.3 Å². The second-order valence-electron chi connectivity index (χ2n) is 5.85. The minimum absolute atomic E-state index is 0.0524. The van der Waals surface area contributed by atoms with Gasteiger partial charge in [-0.25, -0.2) is 15.0 Å². The Morgan fingerprint density at radius 3 is 2.55 bits per heavy atom. The van der Waals surface area contributed by atoms with Gasteiger partial charge in [0, 0.05) is 22.3 Å². The number of hydrogen-bond donors (Lipinski definition) is 1. The predicted octanol–water partition coefficient (Wildman–Crippen LogP) is 3.54. The van der Waals surface area contributed by atoms with Crippen LogP contribution in [0.4, 0.5) is 14.6 Å². The van der Waals surface area contributed by atoms with Gasteiger partial charge in [0.1, 0.15) is 23.4 Å². The Balaban J connectivity index is 1.73. The predicted molar refractivity (Wildman–Crippen MR) is 103 cm³/mol. The van der Waals surface area contributed by atoms with Crippen molar-refractivity contribution in [2.24, 2.45) is 0 Å². The zero-order valence-electron chi connectivity index (χ0n) is 14.9. The highest BCUT2D eigenvalue weighted by Crippen LogP contribution is 2.34. The maximum Gasteiger partial charge on any atom is 0.387 e. The Labute approximate surface area is 171 Å². The molecule has 0 bridgehead atoms. The second kappa shape index (κ2) is 7.99. The fourth-order valence-corrected chi connectivity index (χ4v) is 3.24. The van der Waals surface area contributed by atoms with E-state index in [0.29, 0.717) is 27.2 Å². The zero-order chi connectivity index (χ0) is 20.4. The average molecular weight is 463 g/mol. The number of aromatic nitrogens is 7. The molecule has 9 nitrogen and oxygen atoms in total. The number of fused-ring (bicyclic) bond motifs is 1. The van der Waals surface area contributed by atoms with Gasteiger partial charge in [-0.1, -0.05) is 15.9 Å². The number of rotatable bonds is 6. The van der Waals surface area contributed by atoms with E-state index in [9.17, 15) is 8.78 Å². The van der Waals surface area contributed by atoms with Crippen molar-refractivity contribution in [3.63, 3.8) is 0 Å².